The lowest BCUT2D eigenvalue weighted by molar-refractivity contribution is 0.462. The van der Waals surface area contributed by atoms with Crippen molar-refractivity contribution in [3.63, 3.8) is 0 Å². The number of hydrogen-bond acceptors (Lipinski definition) is 7. The minimum Gasteiger partial charge on any atom is -0.457 e. The number of benzene rings is 7. The van der Waals surface area contributed by atoms with E-state index in [0.717, 1.165) is 61.4 Å². The van der Waals surface area contributed by atoms with Gasteiger partial charge in [-0.1, -0.05) is 78.9 Å². The molecule has 0 amide bonds. The van der Waals surface area contributed by atoms with E-state index in [2.05, 4.69) is 94.7 Å². The third-order valence-electron chi connectivity index (χ3n) is 11.1. The summed E-state index contributed by atoms with van der Waals surface area (Å²) < 4.78 is 13.2. The van der Waals surface area contributed by atoms with Gasteiger partial charge in [-0.15, -0.1) is 0 Å². The number of hydrogen-bond donors (Lipinski definition) is 0. The Balaban J connectivity index is 1.26. The highest BCUT2D eigenvalue weighted by Crippen LogP contribution is 2.47. The van der Waals surface area contributed by atoms with Crippen molar-refractivity contribution >= 4 is 80.3 Å². The molecule has 54 heavy (non-hydrogen) atoms. The third kappa shape index (κ3) is 3.94. The van der Waals surface area contributed by atoms with Crippen molar-refractivity contribution < 1.29 is 9.47 Å². The summed E-state index contributed by atoms with van der Waals surface area (Å²) in [5.41, 5.74) is 12.5. The molecule has 0 saturated carbocycles. The zero-order chi connectivity index (χ0) is 36.1. The molecule has 7 nitrogen and oxygen atoms in total. The maximum atomic E-state index is 10.8. The Bertz CT molecular complexity index is 2910. The van der Waals surface area contributed by atoms with Crippen molar-refractivity contribution in [1.29, 1.82) is 15.8 Å². The van der Waals surface area contributed by atoms with E-state index in [1.54, 1.807) is 6.07 Å². The van der Waals surface area contributed by atoms with Gasteiger partial charge >= 0.3 is 0 Å². The molecule has 0 aliphatic carbocycles. The molecule has 0 atom stereocenters. The van der Waals surface area contributed by atoms with Crippen molar-refractivity contribution in [2.75, 3.05) is 9.80 Å². The minimum absolute atomic E-state index is 0.240. The molecule has 0 saturated heterocycles. The van der Waals surface area contributed by atoms with Crippen molar-refractivity contribution in [2.24, 2.45) is 0 Å². The van der Waals surface area contributed by atoms with Gasteiger partial charge in [-0.05, 0) is 81.9 Å². The topological polar surface area (TPSA) is 96.3 Å². The number of anilines is 6. The van der Waals surface area contributed by atoms with Crippen LogP contribution >= 0.6 is 0 Å². The SMILES string of the molecule is N#Cc1cc(C#N)c2c3c1Oc1ccccc1B3c1cc3c(cc1O2)N(c1ccccc1)c1c(C#N)ccc2c1B3c1ccccc1N2c1ccccc1. The Labute approximate surface area is 311 Å². The average Bonchev–Trinajstić information content (AvgIpc) is 3.23. The van der Waals surface area contributed by atoms with Crippen molar-refractivity contribution in [3.05, 3.63) is 156 Å². The fourth-order valence-electron chi connectivity index (χ4n) is 8.94. The van der Waals surface area contributed by atoms with E-state index < -0.39 is 0 Å². The van der Waals surface area contributed by atoms with Crippen LogP contribution in [0.15, 0.2) is 140 Å². The van der Waals surface area contributed by atoms with E-state index in [0.29, 0.717) is 34.0 Å². The fraction of sp³-hybridized carbons (Fsp3) is 0. The van der Waals surface area contributed by atoms with Crippen molar-refractivity contribution in [3.8, 4) is 41.2 Å². The summed E-state index contributed by atoms with van der Waals surface area (Å²) in [6.07, 6.45) is 0. The van der Waals surface area contributed by atoms with Gasteiger partial charge in [0.1, 0.15) is 41.2 Å². The second kappa shape index (κ2) is 11.2. The van der Waals surface area contributed by atoms with E-state index in [1.165, 1.54) is 0 Å². The lowest BCUT2D eigenvalue weighted by Crippen LogP contribution is -2.64. The van der Waals surface area contributed by atoms with Crippen LogP contribution in [0.25, 0.3) is 0 Å². The molecule has 7 aromatic rings. The summed E-state index contributed by atoms with van der Waals surface area (Å²) in [4.78, 5) is 4.48. The van der Waals surface area contributed by atoms with Crippen molar-refractivity contribution in [2.45, 2.75) is 0 Å². The molecule has 246 valence electrons. The summed E-state index contributed by atoms with van der Waals surface area (Å²) in [7, 11) is 0. The van der Waals surface area contributed by atoms with Crippen LogP contribution in [0, 0.1) is 34.0 Å². The van der Waals surface area contributed by atoms with Gasteiger partial charge in [0.2, 0.25) is 0 Å². The first-order chi connectivity index (χ1) is 26.7. The summed E-state index contributed by atoms with van der Waals surface area (Å²) in [6, 6.07) is 53.8. The molecule has 4 aliphatic rings. The maximum absolute atomic E-state index is 10.8. The average molecular weight is 687 g/mol. The Kier molecular flexibility index (Phi) is 6.21. The van der Waals surface area contributed by atoms with E-state index >= 15 is 0 Å². The standard InChI is InChI=1S/C45H23B2N5O2/c48-24-27-19-20-37-41-43(27)52(31-13-5-2-6-14-31)38-23-40-35(22-34(38)46(41)32-15-7-9-17-36(32)51(37)30-11-3-1-4-12-30)47-33-16-8-10-18-39(33)53-44-28(25-49)21-29(26-50)45(54-40)42(44)47/h1-23H. The molecule has 0 unspecified atom stereocenters. The number of para-hydroxylation sites is 4. The van der Waals surface area contributed by atoms with E-state index in [4.69, 9.17) is 9.47 Å². The highest BCUT2D eigenvalue weighted by atomic mass is 16.5. The van der Waals surface area contributed by atoms with Crippen LogP contribution in [0.5, 0.6) is 23.0 Å². The Morgan fingerprint density at radius 2 is 1.02 bits per heavy atom. The van der Waals surface area contributed by atoms with Gasteiger partial charge in [-0.3, -0.25) is 0 Å². The first-order valence-corrected chi connectivity index (χ1v) is 17.7. The Hall–Kier alpha value is -7.66. The molecular formula is C45H23B2N5O2. The lowest BCUT2D eigenvalue weighted by atomic mass is 9.30. The van der Waals surface area contributed by atoms with Gasteiger partial charge in [0, 0.05) is 40.0 Å². The van der Waals surface area contributed by atoms with Gasteiger partial charge in [0.25, 0.3) is 13.4 Å². The number of ether oxygens (including phenoxy) is 2. The number of rotatable bonds is 2. The zero-order valence-electron chi connectivity index (χ0n) is 28.5. The van der Waals surface area contributed by atoms with Crippen LogP contribution in [-0.2, 0) is 0 Å². The molecule has 0 N–H and O–H groups in total. The molecule has 0 spiro atoms. The van der Waals surface area contributed by atoms with Gasteiger partial charge < -0.3 is 19.3 Å². The molecule has 11 rings (SSSR count). The predicted octanol–water partition coefficient (Wildman–Crippen LogP) is 6.11. The summed E-state index contributed by atoms with van der Waals surface area (Å²) in [6.45, 7) is -0.610. The maximum Gasteiger partial charge on any atom is 0.260 e. The highest BCUT2D eigenvalue weighted by molar-refractivity contribution is 7.02. The second-order valence-electron chi connectivity index (χ2n) is 13.7. The first kappa shape index (κ1) is 30.0. The summed E-state index contributed by atoms with van der Waals surface area (Å²) >= 11 is 0. The molecule has 0 fully saturated rings. The molecule has 7 aromatic carbocycles. The smallest absolute Gasteiger partial charge is 0.260 e. The van der Waals surface area contributed by atoms with Gasteiger partial charge in [0.15, 0.2) is 0 Å². The summed E-state index contributed by atoms with van der Waals surface area (Å²) in [5.74, 6) is 2.07. The number of nitrogens with zero attached hydrogens (tertiary/aromatic N) is 5. The van der Waals surface area contributed by atoms with E-state index in [9.17, 15) is 15.8 Å². The minimum atomic E-state index is -0.370. The monoisotopic (exact) mass is 687 g/mol. The van der Waals surface area contributed by atoms with Crippen LogP contribution in [0.3, 0.4) is 0 Å². The van der Waals surface area contributed by atoms with Crippen LogP contribution < -0.4 is 52.1 Å². The Morgan fingerprint density at radius 3 is 1.72 bits per heavy atom. The second-order valence-corrected chi connectivity index (χ2v) is 13.7. The van der Waals surface area contributed by atoms with Crippen LogP contribution in [0.2, 0.25) is 0 Å². The van der Waals surface area contributed by atoms with Gasteiger partial charge in [-0.25, -0.2) is 0 Å². The van der Waals surface area contributed by atoms with Gasteiger partial charge in [-0.2, -0.15) is 15.8 Å². The highest BCUT2D eigenvalue weighted by Gasteiger charge is 2.48. The van der Waals surface area contributed by atoms with Crippen LogP contribution in [-0.4, -0.2) is 13.4 Å². The van der Waals surface area contributed by atoms with Crippen LogP contribution in [0.4, 0.5) is 34.1 Å². The van der Waals surface area contributed by atoms with Crippen molar-refractivity contribution in [1.82, 2.24) is 0 Å². The molecule has 4 aliphatic heterocycles. The third-order valence-corrected chi connectivity index (χ3v) is 11.1. The van der Waals surface area contributed by atoms with E-state index in [-0.39, 0.29) is 24.6 Å². The molecule has 0 bridgehead atoms. The predicted molar refractivity (Wildman–Crippen MR) is 212 cm³/mol. The van der Waals surface area contributed by atoms with E-state index in [1.807, 2.05) is 66.7 Å². The lowest BCUT2D eigenvalue weighted by Gasteiger charge is -2.45. The number of fused-ring (bicyclic) bond motifs is 8. The molecule has 0 radical (unpaired) electrons. The largest absolute Gasteiger partial charge is 0.457 e. The molecule has 9 heteroatoms. The normalized spacial score (nSPS) is 13.3. The van der Waals surface area contributed by atoms with Crippen LogP contribution in [0.1, 0.15) is 16.7 Å². The number of nitriles is 3. The molecule has 4 heterocycles. The zero-order valence-corrected chi connectivity index (χ0v) is 28.5. The quantitative estimate of drug-likeness (QED) is 0.203. The fourth-order valence-corrected chi connectivity index (χ4v) is 8.94. The van der Waals surface area contributed by atoms with Gasteiger partial charge in [0.05, 0.1) is 22.4 Å². The summed E-state index contributed by atoms with van der Waals surface area (Å²) in [5, 5.41) is 31.4. The Morgan fingerprint density at radius 1 is 0.426 bits per heavy atom. The molecular weight excluding hydrogens is 664 g/mol. The molecule has 0 aromatic heterocycles. The first-order valence-electron chi connectivity index (χ1n) is 17.7.